The van der Waals surface area contributed by atoms with Crippen molar-refractivity contribution in [3.63, 3.8) is 0 Å². The van der Waals surface area contributed by atoms with E-state index < -0.39 is 0 Å². The number of aryl methyl sites for hydroxylation is 2. The van der Waals surface area contributed by atoms with Gasteiger partial charge in [0.2, 0.25) is 0 Å². The number of carbonyl (C=O) groups is 2. The van der Waals surface area contributed by atoms with Crippen LogP contribution >= 0.6 is 0 Å². The van der Waals surface area contributed by atoms with E-state index in [1.165, 1.54) is 4.90 Å². The molecule has 0 saturated heterocycles. The standard InChI is InChI=1S/C16H19N3O3/c1-5-13-14(10(2)18-22-13)15(20)17-12-8-6-7-11(9-12)16(21)19(3)4/h6-9H,5H2,1-4H3,(H,17,20). The molecule has 0 saturated carbocycles. The van der Waals surface area contributed by atoms with Crippen molar-refractivity contribution >= 4 is 17.5 Å². The molecule has 2 rings (SSSR count). The molecule has 1 N–H and O–H groups in total. The zero-order chi connectivity index (χ0) is 16.3. The van der Waals surface area contributed by atoms with Crippen LogP contribution in [0.5, 0.6) is 0 Å². The number of rotatable bonds is 4. The highest BCUT2D eigenvalue weighted by molar-refractivity contribution is 6.06. The molecule has 0 aliphatic heterocycles. The topological polar surface area (TPSA) is 75.4 Å². The molecule has 22 heavy (non-hydrogen) atoms. The molecule has 116 valence electrons. The van der Waals surface area contributed by atoms with Crippen LogP contribution < -0.4 is 5.32 Å². The van der Waals surface area contributed by atoms with Gasteiger partial charge in [-0.05, 0) is 25.1 Å². The van der Waals surface area contributed by atoms with E-state index in [0.717, 1.165) is 0 Å². The maximum Gasteiger partial charge on any atom is 0.261 e. The van der Waals surface area contributed by atoms with Crippen LogP contribution in [-0.4, -0.2) is 36.0 Å². The molecule has 2 amide bonds. The Bertz CT molecular complexity index is 704. The Morgan fingerprint density at radius 1 is 1.32 bits per heavy atom. The van der Waals surface area contributed by atoms with Crippen LogP contribution in [0.4, 0.5) is 5.69 Å². The summed E-state index contributed by atoms with van der Waals surface area (Å²) in [6.45, 7) is 3.62. The van der Waals surface area contributed by atoms with Crippen LogP contribution in [0.3, 0.4) is 0 Å². The van der Waals surface area contributed by atoms with Gasteiger partial charge in [0, 0.05) is 31.8 Å². The zero-order valence-corrected chi connectivity index (χ0v) is 13.1. The minimum atomic E-state index is -0.287. The second kappa shape index (κ2) is 6.43. The zero-order valence-electron chi connectivity index (χ0n) is 13.1. The first kappa shape index (κ1) is 15.8. The fraction of sp³-hybridized carbons (Fsp3) is 0.312. The Hall–Kier alpha value is -2.63. The summed E-state index contributed by atoms with van der Waals surface area (Å²) in [4.78, 5) is 25.8. The molecule has 0 bridgehead atoms. The number of nitrogens with one attached hydrogen (secondary N) is 1. The second-order valence-corrected chi connectivity index (χ2v) is 5.15. The Morgan fingerprint density at radius 2 is 2.05 bits per heavy atom. The summed E-state index contributed by atoms with van der Waals surface area (Å²) in [6, 6.07) is 6.82. The highest BCUT2D eigenvalue weighted by atomic mass is 16.5. The normalized spacial score (nSPS) is 10.4. The Balaban J connectivity index is 2.24. The van der Waals surface area contributed by atoms with Crippen LogP contribution in [0, 0.1) is 6.92 Å². The molecule has 1 aromatic carbocycles. The number of aromatic nitrogens is 1. The Labute approximate surface area is 129 Å². The van der Waals surface area contributed by atoms with Gasteiger partial charge in [-0.25, -0.2) is 0 Å². The smallest absolute Gasteiger partial charge is 0.261 e. The minimum absolute atomic E-state index is 0.119. The molecule has 0 spiro atoms. The second-order valence-electron chi connectivity index (χ2n) is 5.15. The third kappa shape index (κ3) is 3.16. The van der Waals surface area contributed by atoms with Gasteiger partial charge in [-0.1, -0.05) is 18.1 Å². The minimum Gasteiger partial charge on any atom is -0.360 e. The largest absolute Gasteiger partial charge is 0.360 e. The monoisotopic (exact) mass is 301 g/mol. The van der Waals surface area contributed by atoms with Crippen molar-refractivity contribution in [2.24, 2.45) is 0 Å². The van der Waals surface area contributed by atoms with E-state index in [0.29, 0.717) is 34.7 Å². The first-order valence-corrected chi connectivity index (χ1v) is 7.02. The van der Waals surface area contributed by atoms with E-state index in [-0.39, 0.29) is 11.8 Å². The van der Waals surface area contributed by atoms with E-state index in [1.54, 1.807) is 45.3 Å². The van der Waals surface area contributed by atoms with Gasteiger partial charge in [0.05, 0.1) is 5.69 Å². The van der Waals surface area contributed by atoms with Crippen molar-refractivity contribution in [1.29, 1.82) is 0 Å². The van der Waals surface area contributed by atoms with E-state index in [2.05, 4.69) is 10.5 Å². The highest BCUT2D eigenvalue weighted by Gasteiger charge is 2.19. The number of benzene rings is 1. The molecule has 0 radical (unpaired) electrons. The van der Waals surface area contributed by atoms with Crippen molar-refractivity contribution in [2.45, 2.75) is 20.3 Å². The lowest BCUT2D eigenvalue weighted by atomic mass is 10.1. The van der Waals surface area contributed by atoms with E-state index in [4.69, 9.17) is 4.52 Å². The number of hydrogen-bond acceptors (Lipinski definition) is 4. The lowest BCUT2D eigenvalue weighted by Crippen LogP contribution is -2.22. The molecule has 0 aliphatic carbocycles. The van der Waals surface area contributed by atoms with Gasteiger partial charge in [0.25, 0.3) is 11.8 Å². The molecule has 1 heterocycles. The predicted molar refractivity (Wildman–Crippen MR) is 83.0 cm³/mol. The maximum absolute atomic E-state index is 12.4. The number of hydrogen-bond donors (Lipinski definition) is 1. The number of anilines is 1. The first-order valence-electron chi connectivity index (χ1n) is 7.02. The van der Waals surface area contributed by atoms with Gasteiger partial charge in [-0.2, -0.15) is 0 Å². The molecular weight excluding hydrogens is 282 g/mol. The summed E-state index contributed by atoms with van der Waals surface area (Å²) in [5.41, 5.74) is 2.07. The van der Waals surface area contributed by atoms with Gasteiger partial charge in [0.15, 0.2) is 0 Å². The van der Waals surface area contributed by atoms with Gasteiger partial charge in [0.1, 0.15) is 11.3 Å². The van der Waals surface area contributed by atoms with Gasteiger partial charge < -0.3 is 14.7 Å². The van der Waals surface area contributed by atoms with E-state index in [9.17, 15) is 9.59 Å². The summed E-state index contributed by atoms with van der Waals surface area (Å²) in [6.07, 6.45) is 0.586. The SMILES string of the molecule is CCc1onc(C)c1C(=O)Nc1cccc(C(=O)N(C)C)c1. The maximum atomic E-state index is 12.4. The lowest BCUT2D eigenvalue weighted by Gasteiger charge is -2.11. The molecule has 0 aliphatic rings. The van der Waals surface area contributed by atoms with Crippen molar-refractivity contribution < 1.29 is 14.1 Å². The fourth-order valence-electron chi connectivity index (χ4n) is 2.13. The van der Waals surface area contributed by atoms with Gasteiger partial charge in [-0.3, -0.25) is 9.59 Å². The van der Waals surface area contributed by atoms with Crippen LogP contribution in [-0.2, 0) is 6.42 Å². The quantitative estimate of drug-likeness (QED) is 0.941. The van der Waals surface area contributed by atoms with Crippen LogP contribution in [0.25, 0.3) is 0 Å². The number of carbonyl (C=O) groups excluding carboxylic acids is 2. The van der Waals surface area contributed by atoms with E-state index in [1.807, 2.05) is 6.92 Å². The van der Waals surface area contributed by atoms with Gasteiger partial charge >= 0.3 is 0 Å². The van der Waals surface area contributed by atoms with E-state index >= 15 is 0 Å². The van der Waals surface area contributed by atoms with Gasteiger partial charge in [-0.15, -0.1) is 0 Å². The molecule has 6 heteroatoms. The van der Waals surface area contributed by atoms with Crippen molar-refractivity contribution in [1.82, 2.24) is 10.1 Å². The fourth-order valence-corrected chi connectivity index (χ4v) is 2.13. The van der Waals surface area contributed by atoms with Crippen LogP contribution in [0.2, 0.25) is 0 Å². The third-order valence-corrected chi connectivity index (χ3v) is 3.26. The summed E-state index contributed by atoms with van der Waals surface area (Å²) in [5.74, 6) is 0.145. The molecule has 2 aromatic rings. The molecule has 0 unspecified atom stereocenters. The molecular formula is C16H19N3O3. The average Bonchev–Trinajstić information content (AvgIpc) is 2.87. The molecule has 0 fully saturated rings. The molecule has 0 atom stereocenters. The number of nitrogens with zero attached hydrogens (tertiary/aromatic N) is 2. The first-order chi connectivity index (χ1) is 10.4. The highest BCUT2D eigenvalue weighted by Crippen LogP contribution is 2.18. The van der Waals surface area contributed by atoms with Crippen molar-refractivity contribution in [3.8, 4) is 0 Å². The predicted octanol–water partition coefficient (Wildman–Crippen LogP) is 2.50. The Kier molecular flexibility index (Phi) is 4.60. The third-order valence-electron chi connectivity index (χ3n) is 3.26. The summed E-state index contributed by atoms with van der Waals surface area (Å²) in [5, 5.41) is 6.61. The summed E-state index contributed by atoms with van der Waals surface area (Å²) < 4.78 is 5.13. The lowest BCUT2D eigenvalue weighted by molar-refractivity contribution is 0.0827. The van der Waals surface area contributed by atoms with Crippen LogP contribution in [0.1, 0.15) is 39.1 Å². The summed E-state index contributed by atoms with van der Waals surface area (Å²) >= 11 is 0. The van der Waals surface area contributed by atoms with Crippen LogP contribution in [0.15, 0.2) is 28.8 Å². The molecule has 1 aromatic heterocycles. The molecule has 6 nitrogen and oxygen atoms in total. The average molecular weight is 301 g/mol. The van der Waals surface area contributed by atoms with Crippen molar-refractivity contribution in [2.75, 3.05) is 19.4 Å². The summed E-state index contributed by atoms with van der Waals surface area (Å²) in [7, 11) is 3.36. The number of amides is 2. The Morgan fingerprint density at radius 3 is 2.68 bits per heavy atom. The van der Waals surface area contributed by atoms with Crippen molar-refractivity contribution in [3.05, 3.63) is 46.8 Å².